The average molecular weight is 942 g/mol. The summed E-state index contributed by atoms with van der Waals surface area (Å²) in [5.74, 6) is 18.4. The van der Waals surface area contributed by atoms with Gasteiger partial charge in [0.05, 0.1) is 12.6 Å². The molecule has 9 saturated carbocycles. The summed E-state index contributed by atoms with van der Waals surface area (Å²) in [5.41, 5.74) is 14.4. The fourth-order valence-corrected chi connectivity index (χ4v) is 22.4. The topological polar surface area (TPSA) is 117 Å². The van der Waals surface area contributed by atoms with Gasteiger partial charge in [-0.25, -0.2) is 5.90 Å². The third-order valence-electron chi connectivity index (χ3n) is 25.2. The van der Waals surface area contributed by atoms with Crippen molar-refractivity contribution < 1.29 is 4.84 Å². The van der Waals surface area contributed by atoms with Crippen molar-refractivity contribution in [2.45, 2.75) is 246 Å². The van der Waals surface area contributed by atoms with E-state index in [0.717, 1.165) is 109 Å². The number of unbranched alkanes of at least 4 members (excludes halogenated alkanes) is 2. The van der Waals surface area contributed by atoms with Crippen LogP contribution in [-0.2, 0) is 4.84 Å². The molecule has 0 aromatic rings. The van der Waals surface area contributed by atoms with E-state index in [9.17, 15) is 4.91 Å². The summed E-state index contributed by atoms with van der Waals surface area (Å²) in [7, 11) is 0. The van der Waals surface area contributed by atoms with Crippen LogP contribution in [0.3, 0.4) is 0 Å². The molecule has 0 saturated heterocycles. The highest BCUT2D eigenvalue weighted by molar-refractivity contribution is 5.24. The van der Waals surface area contributed by atoms with Gasteiger partial charge in [-0.3, -0.25) is 0 Å². The molecular formula is C62H108N4O2. The van der Waals surface area contributed by atoms with Gasteiger partial charge in [-0.15, -0.1) is 6.58 Å². The van der Waals surface area contributed by atoms with Gasteiger partial charge in [0.25, 0.3) is 0 Å². The molecule has 6 nitrogen and oxygen atoms in total. The van der Waals surface area contributed by atoms with Crippen LogP contribution in [0.5, 0.6) is 0 Å². The standard InChI is InChI=1S/C62H108N4O2/c1-7-12-26-61-27-16-17-42(8-2)21-23-55(61)54-33-52-53(34-56(52)60(28-24-41(6)64)36-45(11-5)51-32-49(68-65)19-15-18-46(51)37-60)57-31-48(39-62(57,40-66-67)58(54)61)59(25-13-14-29-63)35-44(10-4)50-22-20-43(9-3)30-47(50)38-59/h8,41-58H,2,7,9-40,63-65H2,1,3-6H3/t41?,42?,43?,44?,45?,46?,47?,48?,49?,50?,51?,52?,53?,54?,55?,56?,57?,58?,59?,60-,61?,62?/m1/s1. The Balaban J connectivity index is 1.15. The summed E-state index contributed by atoms with van der Waals surface area (Å²) in [6, 6.07) is 0.248. The monoisotopic (exact) mass is 941 g/mol. The number of rotatable bonds is 19. The molecule has 0 bridgehead atoms. The van der Waals surface area contributed by atoms with Crippen LogP contribution >= 0.6 is 0 Å². The van der Waals surface area contributed by atoms with Crippen molar-refractivity contribution in [1.82, 2.24) is 0 Å². The summed E-state index contributed by atoms with van der Waals surface area (Å²) in [6.07, 6.45) is 44.1. The zero-order valence-corrected chi connectivity index (χ0v) is 45.0. The zero-order valence-electron chi connectivity index (χ0n) is 45.0. The van der Waals surface area contributed by atoms with E-state index in [2.05, 4.69) is 52.5 Å². The molecule has 0 spiro atoms. The summed E-state index contributed by atoms with van der Waals surface area (Å²) in [6.45, 7) is 18.1. The molecule has 0 radical (unpaired) electrons. The first-order chi connectivity index (χ1) is 33.0. The fourth-order valence-electron chi connectivity index (χ4n) is 22.4. The number of allylic oxidation sites excluding steroid dienone is 1. The van der Waals surface area contributed by atoms with Crippen molar-refractivity contribution in [3.63, 3.8) is 0 Å². The molecule has 9 rings (SSSR count). The van der Waals surface area contributed by atoms with E-state index < -0.39 is 0 Å². The van der Waals surface area contributed by atoms with Crippen molar-refractivity contribution in [1.29, 1.82) is 0 Å². The fraction of sp³-hybridized carbons (Fsp3) is 0.968. The average Bonchev–Trinajstić information content (AvgIpc) is 3.52. The van der Waals surface area contributed by atoms with Crippen LogP contribution in [-0.4, -0.2) is 25.2 Å². The van der Waals surface area contributed by atoms with Gasteiger partial charge in [0.2, 0.25) is 0 Å². The molecular weight excluding hydrogens is 833 g/mol. The lowest BCUT2D eigenvalue weighted by Crippen LogP contribution is -2.64. The summed E-state index contributed by atoms with van der Waals surface area (Å²) in [4.78, 5) is 19.4. The molecule has 68 heavy (non-hydrogen) atoms. The maximum Gasteiger partial charge on any atom is 0.0873 e. The van der Waals surface area contributed by atoms with E-state index in [1.54, 1.807) is 0 Å². The minimum Gasteiger partial charge on any atom is -0.330 e. The molecule has 0 amide bonds. The van der Waals surface area contributed by atoms with E-state index in [1.807, 2.05) is 0 Å². The molecule has 0 aromatic heterocycles. The van der Waals surface area contributed by atoms with Crippen LogP contribution in [0.4, 0.5) is 0 Å². The molecule has 6 N–H and O–H groups in total. The Morgan fingerprint density at radius 2 is 1.46 bits per heavy atom. The van der Waals surface area contributed by atoms with Crippen LogP contribution < -0.4 is 17.4 Å². The predicted octanol–water partition coefficient (Wildman–Crippen LogP) is 15.6. The number of hydrogen-bond donors (Lipinski definition) is 3. The molecule has 22 atom stereocenters. The van der Waals surface area contributed by atoms with E-state index >= 15 is 0 Å². The quantitative estimate of drug-likeness (QED) is 0.0516. The van der Waals surface area contributed by atoms with Crippen molar-refractivity contribution in [2.24, 2.45) is 139 Å². The molecule has 9 aliphatic rings. The zero-order chi connectivity index (χ0) is 47.8. The Bertz CT molecular complexity index is 1650. The van der Waals surface area contributed by atoms with E-state index in [0.29, 0.717) is 40.5 Å². The normalized spacial score (nSPS) is 49.3. The maximum absolute atomic E-state index is 13.7. The van der Waals surface area contributed by atoms with Gasteiger partial charge >= 0.3 is 0 Å². The highest BCUT2D eigenvalue weighted by Gasteiger charge is 2.75. The van der Waals surface area contributed by atoms with Crippen LogP contribution in [0.25, 0.3) is 0 Å². The van der Waals surface area contributed by atoms with Gasteiger partial charge in [-0.2, -0.15) is 4.91 Å². The van der Waals surface area contributed by atoms with Crippen molar-refractivity contribution in [3.8, 4) is 0 Å². The van der Waals surface area contributed by atoms with Crippen molar-refractivity contribution >= 4 is 0 Å². The Kier molecular flexibility index (Phi) is 16.8. The molecule has 9 aliphatic carbocycles. The van der Waals surface area contributed by atoms with Gasteiger partial charge in [0, 0.05) is 11.5 Å². The van der Waals surface area contributed by atoms with Gasteiger partial charge in [-0.1, -0.05) is 103 Å². The van der Waals surface area contributed by atoms with Crippen molar-refractivity contribution in [3.05, 3.63) is 17.6 Å². The van der Waals surface area contributed by atoms with E-state index in [1.165, 1.54) is 173 Å². The minimum absolute atomic E-state index is 0.0573. The second-order valence-corrected chi connectivity index (χ2v) is 27.7. The lowest BCUT2D eigenvalue weighted by molar-refractivity contribution is -0.209. The lowest BCUT2D eigenvalue weighted by Gasteiger charge is -2.69. The van der Waals surface area contributed by atoms with Crippen molar-refractivity contribution in [2.75, 3.05) is 13.1 Å². The third kappa shape index (κ3) is 9.27. The number of nitrogens with two attached hydrogens (primary N) is 3. The Hall–Kier alpha value is -0.820. The molecule has 6 heteroatoms. The second kappa shape index (κ2) is 21.9. The Morgan fingerprint density at radius 3 is 2.18 bits per heavy atom. The van der Waals surface area contributed by atoms with Gasteiger partial charge in [0.15, 0.2) is 0 Å². The summed E-state index contributed by atoms with van der Waals surface area (Å²) >= 11 is 0. The highest BCUT2D eigenvalue weighted by atomic mass is 16.6. The van der Waals surface area contributed by atoms with Gasteiger partial charge in [-0.05, 0) is 259 Å². The largest absolute Gasteiger partial charge is 0.330 e. The van der Waals surface area contributed by atoms with E-state index in [-0.39, 0.29) is 17.6 Å². The second-order valence-electron chi connectivity index (χ2n) is 27.7. The summed E-state index contributed by atoms with van der Waals surface area (Å²) in [5, 5.41) is 4.30. The Labute approximate surface area is 418 Å². The maximum atomic E-state index is 13.7. The molecule has 21 unspecified atom stereocenters. The van der Waals surface area contributed by atoms with Crippen LogP contribution in [0, 0.1) is 121 Å². The van der Waals surface area contributed by atoms with Crippen LogP contribution in [0.2, 0.25) is 0 Å². The lowest BCUT2D eigenvalue weighted by atomic mass is 9.35. The number of fused-ring (bicyclic) bond motifs is 10. The summed E-state index contributed by atoms with van der Waals surface area (Å²) < 4.78 is 0. The molecule has 0 aromatic carbocycles. The van der Waals surface area contributed by atoms with Gasteiger partial charge < -0.3 is 16.3 Å². The minimum atomic E-state index is 0.0573. The third-order valence-corrected chi connectivity index (χ3v) is 25.2. The predicted molar refractivity (Wildman–Crippen MR) is 284 cm³/mol. The van der Waals surface area contributed by atoms with Crippen LogP contribution in [0.1, 0.15) is 234 Å². The molecule has 0 heterocycles. The first kappa shape index (κ1) is 52.1. The number of nitrogens with zero attached hydrogens (tertiary/aromatic N) is 1. The van der Waals surface area contributed by atoms with E-state index in [4.69, 9.17) is 22.2 Å². The Morgan fingerprint density at radius 1 is 0.676 bits per heavy atom. The van der Waals surface area contributed by atoms with Crippen LogP contribution in [0.15, 0.2) is 17.8 Å². The smallest absolute Gasteiger partial charge is 0.0873 e. The first-order valence-corrected chi connectivity index (χ1v) is 30.7. The SMILES string of the molecule is C=CC1CCCC2(CCCC)C(CC1)C1CC3C(CC3[C@]3(CCC(C)N)CC(CC)C4CC(ON)CCCC4C3)C3CC(C4(CCCCN)CC(CC)C5CCC(CC)CC5C4)CC3(CN=O)C12. The highest BCUT2D eigenvalue weighted by Crippen LogP contribution is 2.81. The number of nitroso groups, excluding NO2 is 1. The first-order valence-electron chi connectivity index (χ1n) is 30.7. The molecule has 9 fully saturated rings. The molecule has 0 aliphatic heterocycles. The molecule has 388 valence electrons. The number of hydrogen-bond acceptors (Lipinski definition) is 6. The van der Waals surface area contributed by atoms with Gasteiger partial charge in [0.1, 0.15) is 0 Å².